The summed E-state index contributed by atoms with van der Waals surface area (Å²) in [6.45, 7) is 1.70. The van der Waals surface area contributed by atoms with Crippen LogP contribution in [0.5, 0.6) is 0 Å². The molecule has 0 radical (unpaired) electrons. The lowest BCUT2D eigenvalue weighted by molar-refractivity contribution is 0.526. The Labute approximate surface area is 85.6 Å². The number of rotatable bonds is 4. The molecule has 0 spiro atoms. The van der Waals surface area contributed by atoms with E-state index in [1.54, 1.807) is 6.92 Å². The summed E-state index contributed by atoms with van der Waals surface area (Å²) >= 11 is 6.06. The molecule has 2 nitrogen and oxygen atoms in total. The van der Waals surface area contributed by atoms with Crippen molar-refractivity contribution < 1.29 is 8.42 Å². The average molecular weight is 225 g/mol. The van der Waals surface area contributed by atoms with Gasteiger partial charge in [-0.05, 0) is 25.2 Å². The van der Waals surface area contributed by atoms with E-state index in [0.717, 1.165) is 25.7 Å². The SMILES string of the molecule is CCS(=O)(=O)CCC1CCCC1Cl. The van der Waals surface area contributed by atoms with Gasteiger partial charge in [0.2, 0.25) is 0 Å². The van der Waals surface area contributed by atoms with Gasteiger partial charge in [0.25, 0.3) is 0 Å². The molecule has 2 atom stereocenters. The third kappa shape index (κ3) is 3.47. The zero-order valence-electron chi connectivity index (χ0n) is 8.00. The van der Waals surface area contributed by atoms with Crippen LogP contribution in [0, 0.1) is 5.92 Å². The van der Waals surface area contributed by atoms with Gasteiger partial charge in [0, 0.05) is 11.1 Å². The van der Waals surface area contributed by atoms with E-state index >= 15 is 0 Å². The van der Waals surface area contributed by atoms with Crippen LogP contribution in [0.15, 0.2) is 0 Å². The second-order valence-corrected chi connectivity index (χ2v) is 6.77. The van der Waals surface area contributed by atoms with Crippen molar-refractivity contribution in [2.45, 2.75) is 38.0 Å². The Bertz CT molecular complexity index is 248. The fourth-order valence-electron chi connectivity index (χ4n) is 1.79. The van der Waals surface area contributed by atoms with E-state index in [1.165, 1.54) is 0 Å². The summed E-state index contributed by atoms with van der Waals surface area (Å²) in [5.41, 5.74) is 0. The molecule has 0 aromatic carbocycles. The third-order valence-electron chi connectivity index (χ3n) is 2.81. The molecule has 1 saturated carbocycles. The number of alkyl halides is 1. The van der Waals surface area contributed by atoms with Crippen molar-refractivity contribution in [2.75, 3.05) is 11.5 Å². The fraction of sp³-hybridized carbons (Fsp3) is 1.00. The van der Waals surface area contributed by atoms with Gasteiger partial charge in [-0.25, -0.2) is 8.42 Å². The minimum Gasteiger partial charge on any atom is -0.229 e. The van der Waals surface area contributed by atoms with E-state index < -0.39 is 9.84 Å². The Kier molecular flexibility index (Phi) is 4.05. The molecule has 0 bridgehead atoms. The Morgan fingerprint density at radius 2 is 2.08 bits per heavy atom. The summed E-state index contributed by atoms with van der Waals surface area (Å²) < 4.78 is 22.4. The van der Waals surface area contributed by atoms with E-state index in [-0.39, 0.29) is 11.1 Å². The lowest BCUT2D eigenvalue weighted by Crippen LogP contribution is -2.15. The second-order valence-electron chi connectivity index (χ2n) is 3.73. The van der Waals surface area contributed by atoms with Gasteiger partial charge in [0.1, 0.15) is 9.84 Å². The first kappa shape index (κ1) is 11.3. The van der Waals surface area contributed by atoms with Gasteiger partial charge in [-0.2, -0.15) is 0 Å². The highest BCUT2D eigenvalue weighted by molar-refractivity contribution is 7.91. The van der Waals surface area contributed by atoms with Gasteiger partial charge in [0.15, 0.2) is 0 Å². The number of hydrogen-bond donors (Lipinski definition) is 0. The minimum atomic E-state index is -2.79. The molecule has 0 aliphatic heterocycles. The van der Waals surface area contributed by atoms with Crippen molar-refractivity contribution in [3.05, 3.63) is 0 Å². The Hall–Kier alpha value is 0.240. The molecule has 1 fully saturated rings. The van der Waals surface area contributed by atoms with Crippen LogP contribution < -0.4 is 0 Å². The number of sulfone groups is 1. The molecular formula is C9H17ClO2S. The number of hydrogen-bond acceptors (Lipinski definition) is 2. The van der Waals surface area contributed by atoms with E-state index in [1.807, 2.05) is 0 Å². The maximum Gasteiger partial charge on any atom is 0.150 e. The van der Waals surface area contributed by atoms with Crippen molar-refractivity contribution in [1.82, 2.24) is 0 Å². The molecule has 0 amide bonds. The van der Waals surface area contributed by atoms with Crippen LogP contribution >= 0.6 is 11.6 Å². The van der Waals surface area contributed by atoms with Crippen molar-refractivity contribution in [1.29, 1.82) is 0 Å². The monoisotopic (exact) mass is 224 g/mol. The lowest BCUT2D eigenvalue weighted by atomic mass is 10.1. The maximum atomic E-state index is 11.2. The summed E-state index contributed by atoms with van der Waals surface area (Å²) in [6, 6.07) is 0. The van der Waals surface area contributed by atoms with E-state index in [9.17, 15) is 8.42 Å². The van der Waals surface area contributed by atoms with Crippen LogP contribution in [0.1, 0.15) is 32.6 Å². The highest BCUT2D eigenvalue weighted by Gasteiger charge is 2.26. The van der Waals surface area contributed by atoms with Crippen molar-refractivity contribution in [3.63, 3.8) is 0 Å². The van der Waals surface area contributed by atoms with Crippen LogP contribution in [-0.2, 0) is 9.84 Å². The van der Waals surface area contributed by atoms with Gasteiger partial charge >= 0.3 is 0 Å². The van der Waals surface area contributed by atoms with Crippen molar-refractivity contribution in [3.8, 4) is 0 Å². The van der Waals surface area contributed by atoms with Crippen LogP contribution in [0.4, 0.5) is 0 Å². The molecule has 1 aliphatic carbocycles. The Balaban J connectivity index is 2.34. The molecular weight excluding hydrogens is 208 g/mol. The molecule has 0 heterocycles. The van der Waals surface area contributed by atoms with Gasteiger partial charge in [-0.3, -0.25) is 0 Å². The van der Waals surface area contributed by atoms with Crippen LogP contribution in [0.2, 0.25) is 0 Å². The molecule has 4 heteroatoms. The van der Waals surface area contributed by atoms with Crippen LogP contribution in [-0.4, -0.2) is 25.3 Å². The van der Waals surface area contributed by atoms with Crippen molar-refractivity contribution in [2.24, 2.45) is 5.92 Å². The first-order valence-corrected chi connectivity index (χ1v) is 7.15. The van der Waals surface area contributed by atoms with Gasteiger partial charge < -0.3 is 0 Å². The summed E-state index contributed by atoms with van der Waals surface area (Å²) in [6.07, 6.45) is 4.07. The zero-order valence-corrected chi connectivity index (χ0v) is 9.57. The Morgan fingerprint density at radius 1 is 1.38 bits per heavy atom. The largest absolute Gasteiger partial charge is 0.229 e. The topological polar surface area (TPSA) is 34.1 Å². The molecule has 13 heavy (non-hydrogen) atoms. The zero-order chi connectivity index (χ0) is 9.90. The summed E-state index contributed by atoms with van der Waals surface area (Å²) in [4.78, 5) is 0. The Morgan fingerprint density at radius 3 is 2.54 bits per heavy atom. The first-order valence-electron chi connectivity index (χ1n) is 4.89. The summed E-state index contributed by atoms with van der Waals surface area (Å²) in [5, 5.41) is 0.215. The fourth-order valence-corrected chi connectivity index (χ4v) is 3.15. The quantitative estimate of drug-likeness (QED) is 0.687. The molecule has 2 unspecified atom stereocenters. The highest BCUT2D eigenvalue weighted by atomic mass is 35.5. The summed E-state index contributed by atoms with van der Waals surface area (Å²) in [5.74, 6) is 1.01. The van der Waals surface area contributed by atoms with Gasteiger partial charge in [-0.1, -0.05) is 13.3 Å². The summed E-state index contributed by atoms with van der Waals surface area (Å²) in [7, 11) is -2.79. The standard InChI is InChI=1S/C9H17ClO2S/c1-2-13(11,12)7-6-8-4-3-5-9(8)10/h8-9H,2-7H2,1H3. The van der Waals surface area contributed by atoms with E-state index in [4.69, 9.17) is 11.6 Å². The number of halogens is 1. The molecule has 0 saturated heterocycles. The highest BCUT2D eigenvalue weighted by Crippen LogP contribution is 2.32. The van der Waals surface area contributed by atoms with E-state index in [0.29, 0.717) is 11.7 Å². The van der Waals surface area contributed by atoms with Crippen LogP contribution in [0.3, 0.4) is 0 Å². The van der Waals surface area contributed by atoms with Crippen LogP contribution in [0.25, 0.3) is 0 Å². The average Bonchev–Trinajstić information content (AvgIpc) is 2.48. The molecule has 0 aromatic rings. The molecule has 1 aliphatic rings. The normalized spacial score (nSPS) is 29.4. The lowest BCUT2D eigenvalue weighted by Gasteiger charge is -2.12. The second kappa shape index (κ2) is 4.65. The smallest absolute Gasteiger partial charge is 0.150 e. The maximum absolute atomic E-state index is 11.2. The molecule has 0 N–H and O–H groups in total. The predicted octanol–water partition coefficient (Wildman–Crippen LogP) is 2.22. The first-order chi connectivity index (χ1) is 6.05. The third-order valence-corrected chi connectivity index (χ3v) is 5.12. The van der Waals surface area contributed by atoms with E-state index in [2.05, 4.69) is 0 Å². The molecule has 78 valence electrons. The molecule has 1 rings (SSSR count). The predicted molar refractivity (Wildman–Crippen MR) is 55.9 cm³/mol. The van der Waals surface area contributed by atoms with Gasteiger partial charge in [0.05, 0.1) is 5.75 Å². The molecule has 0 aromatic heterocycles. The van der Waals surface area contributed by atoms with Crippen molar-refractivity contribution >= 4 is 21.4 Å². The minimum absolute atomic E-state index is 0.215. The van der Waals surface area contributed by atoms with Gasteiger partial charge in [-0.15, -0.1) is 11.6 Å².